The van der Waals surface area contributed by atoms with Crippen LogP contribution in [0.1, 0.15) is 38.2 Å². The lowest BCUT2D eigenvalue weighted by atomic mass is 10.1. The summed E-state index contributed by atoms with van der Waals surface area (Å²) in [7, 11) is -4.22. The van der Waals surface area contributed by atoms with Gasteiger partial charge in [-0.1, -0.05) is 60.3 Å². The Morgan fingerprint density at radius 3 is 2.25 bits per heavy atom. The average molecular weight is 607 g/mol. The number of carbonyl (C=O) groups excluding carboxylic acids is 2. The molecule has 3 aromatic rings. The highest BCUT2D eigenvalue weighted by atomic mass is 35.5. The van der Waals surface area contributed by atoms with E-state index in [1.54, 1.807) is 43.3 Å². The molecule has 3 aromatic carbocycles. The third-order valence-electron chi connectivity index (χ3n) is 6.93. The van der Waals surface area contributed by atoms with E-state index in [1.807, 2.05) is 0 Å². The minimum absolute atomic E-state index is 0.0163. The van der Waals surface area contributed by atoms with Gasteiger partial charge in [-0.2, -0.15) is 0 Å². The molecule has 1 aliphatic rings. The van der Waals surface area contributed by atoms with Gasteiger partial charge in [0.2, 0.25) is 11.8 Å². The van der Waals surface area contributed by atoms with Crippen LogP contribution in [0.3, 0.4) is 0 Å². The van der Waals surface area contributed by atoms with Gasteiger partial charge in [-0.05, 0) is 73.9 Å². The monoisotopic (exact) mass is 605 g/mol. The Labute approximate surface area is 243 Å². The number of nitrogens with zero attached hydrogens (tertiary/aromatic N) is 2. The molecule has 11 heteroatoms. The van der Waals surface area contributed by atoms with Crippen LogP contribution >= 0.6 is 23.2 Å². The standard InChI is InChI=1S/C29H30Cl2FN3O4S/c1-20(29(37)33-23-7-5-6-8-23)34(18-21-11-16-26(30)27(31)17-21)28(36)19-35(24-14-12-22(32)13-15-24)40(38,39)25-9-3-2-4-10-25/h2-4,9-17,20,23H,5-8,18-19H2,1H3,(H,33,37). The summed E-state index contributed by atoms with van der Waals surface area (Å²) in [6, 6.07) is 16.5. The van der Waals surface area contributed by atoms with Crippen molar-refractivity contribution in [2.75, 3.05) is 10.8 Å². The molecule has 212 valence electrons. The Morgan fingerprint density at radius 1 is 0.975 bits per heavy atom. The van der Waals surface area contributed by atoms with Crippen molar-refractivity contribution in [3.63, 3.8) is 0 Å². The smallest absolute Gasteiger partial charge is 0.264 e. The molecular formula is C29H30Cl2FN3O4S. The van der Waals surface area contributed by atoms with Crippen LogP contribution < -0.4 is 9.62 Å². The molecule has 1 saturated carbocycles. The van der Waals surface area contributed by atoms with Crippen LogP contribution in [0.25, 0.3) is 0 Å². The van der Waals surface area contributed by atoms with Crippen molar-refractivity contribution in [3.05, 3.63) is 94.2 Å². The largest absolute Gasteiger partial charge is 0.352 e. The summed E-state index contributed by atoms with van der Waals surface area (Å²) in [6.45, 7) is 0.969. The summed E-state index contributed by atoms with van der Waals surface area (Å²) in [6.07, 6.45) is 3.78. The van der Waals surface area contributed by atoms with Crippen LogP contribution in [0.15, 0.2) is 77.7 Å². The van der Waals surface area contributed by atoms with Gasteiger partial charge in [0.1, 0.15) is 18.4 Å². The molecule has 7 nitrogen and oxygen atoms in total. The fourth-order valence-electron chi connectivity index (χ4n) is 4.67. The number of halogens is 3. The number of benzene rings is 3. The number of carbonyl (C=O) groups is 2. The number of anilines is 1. The molecular weight excluding hydrogens is 576 g/mol. The maximum atomic E-state index is 13.9. The Kier molecular flexibility index (Phi) is 9.71. The van der Waals surface area contributed by atoms with Gasteiger partial charge in [-0.3, -0.25) is 13.9 Å². The predicted octanol–water partition coefficient (Wildman–Crippen LogP) is 5.80. The predicted molar refractivity (Wildman–Crippen MR) is 154 cm³/mol. The second kappa shape index (κ2) is 13.0. The van der Waals surface area contributed by atoms with E-state index in [4.69, 9.17) is 23.2 Å². The van der Waals surface area contributed by atoms with E-state index in [2.05, 4.69) is 5.32 Å². The maximum Gasteiger partial charge on any atom is 0.264 e. The Bertz CT molecular complexity index is 1450. The van der Waals surface area contributed by atoms with Crippen LogP contribution in [0.2, 0.25) is 10.0 Å². The molecule has 40 heavy (non-hydrogen) atoms. The summed E-state index contributed by atoms with van der Waals surface area (Å²) in [4.78, 5) is 28.4. The van der Waals surface area contributed by atoms with Crippen molar-refractivity contribution in [2.45, 2.75) is 56.1 Å². The minimum atomic E-state index is -4.22. The lowest BCUT2D eigenvalue weighted by Gasteiger charge is -2.32. The molecule has 0 aromatic heterocycles. The van der Waals surface area contributed by atoms with Gasteiger partial charge in [0.05, 0.1) is 20.6 Å². The van der Waals surface area contributed by atoms with Crippen molar-refractivity contribution in [2.24, 2.45) is 0 Å². The molecule has 1 atom stereocenters. The molecule has 0 radical (unpaired) electrons. The highest BCUT2D eigenvalue weighted by Crippen LogP contribution is 2.27. The first-order chi connectivity index (χ1) is 19.1. The molecule has 1 aliphatic carbocycles. The summed E-state index contributed by atoms with van der Waals surface area (Å²) >= 11 is 12.3. The normalized spacial score (nSPS) is 14.5. The molecule has 0 heterocycles. The molecule has 0 saturated heterocycles. The van der Waals surface area contributed by atoms with Crippen molar-refractivity contribution < 1.29 is 22.4 Å². The van der Waals surface area contributed by atoms with Crippen LogP contribution in [-0.4, -0.2) is 43.8 Å². The zero-order valence-corrected chi connectivity index (χ0v) is 24.2. The fourth-order valence-corrected chi connectivity index (χ4v) is 6.42. The quantitative estimate of drug-likeness (QED) is 0.316. The molecule has 0 aliphatic heterocycles. The highest BCUT2D eigenvalue weighted by Gasteiger charge is 2.33. The number of sulfonamides is 1. The minimum Gasteiger partial charge on any atom is -0.352 e. The summed E-state index contributed by atoms with van der Waals surface area (Å²) in [5.41, 5.74) is 0.721. The van der Waals surface area contributed by atoms with Crippen molar-refractivity contribution >= 4 is 50.7 Å². The molecule has 1 N–H and O–H groups in total. The van der Waals surface area contributed by atoms with E-state index in [9.17, 15) is 22.4 Å². The van der Waals surface area contributed by atoms with E-state index in [0.717, 1.165) is 42.1 Å². The topological polar surface area (TPSA) is 86.8 Å². The number of rotatable bonds is 10. The zero-order chi connectivity index (χ0) is 28.9. The lowest BCUT2D eigenvalue weighted by Crippen LogP contribution is -2.52. The highest BCUT2D eigenvalue weighted by molar-refractivity contribution is 7.92. The summed E-state index contributed by atoms with van der Waals surface area (Å²) in [5, 5.41) is 3.64. The summed E-state index contributed by atoms with van der Waals surface area (Å²) < 4.78 is 42.0. The lowest BCUT2D eigenvalue weighted by molar-refractivity contribution is -0.139. The number of nitrogens with one attached hydrogen (secondary N) is 1. The van der Waals surface area contributed by atoms with Crippen LogP contribution in [0.5, 0.6) is 0 Å². The molecule has 0 spiro atoms. The van der Waals surface area contributed by atoms with Gasteiger partial charge in [0.25, 0.3) is 10.0 Å². The third-order valence-corrected chi connectivity index (χ3v) is 9.46. The first-order valence-electron chi connectivity index (χ1n) is 12.9. The van der Waals surface area contributed by atoms with Crippen LogP contribution in [0, 0.1) is 5.82 Å². The Balaban J connectivity index is 1.68. The SMILES string of the molecule is CC(C(=O)NC1CCCC1)N(Cc1ccc(Cl)c(Cl)c1)C(=O)CN(c1ccc(F)cc1)S(=O)(=O)c1ccccc1. The van der Waals surface area contributed by atoms with Crippen molar-refractivity contribution in [3.8, 4) is 0 Å². The summed E-state index contributed by atoms with van der Waals surface area (Å²) in [5.74, 6) is -1.51. The third kappa shape index (κ3) is 7.13. The molecule has 0 bridgehead atoms. The maximum absolute atomic E-state index is 13.9. The average Bonchev–Trinajstić information content (AvgIpc) is 3.46. The van der Waals surface area contributed by atoms with E-state index < -0.39 is 34.3 Å². The zero-order valence-electron chi connectivity index (χ0n) is 21.9. The number of amides is 2. The van der Waals surface area contributed by atoms with Gasteiger partial charge in [0.15, 0.2) is 0 Å². The second-order valence-electron chi connectivity index (χ2n) is 9.74. The van der Waals surface area contributed by atoms with Gasteiger partial charge in [-0.25, -0.2) is 12.8 Å². The first kappa shape index (κ1) is 29.8. The molecule has 4 rings (SSSR count). The van der Waals surface area contributed by atoms with Gasteiger partial charge >= 0.3 is 0 Å². The van der Waals surface area contributed by atoms with E-state index in [-0.39, 0.29) is 34.1 Å². The van der Waals surface area contributed by atoms with Gasteiger partial charge in [0, 0.05) is 12.6 Å². The molecule has 1 fully saturated rings. The van der Waals surface area contributed by atoms with Crippen LogP contribution in [0.4, 0.5) is 10.1 Å². The fraction of sp³-hybridized carbons (Fsp3) is 0.310. The molecule has 1 unspecified atom stereocenters. The number of hydrogen-bond acceptors (Lipinski definition) is 4. The first-order valence-corrected chi connectivity index (χ1v) is 15.1. The Morgan fingerprint density at radius 2 is 1.62 bits per heavy atom. The second-order valence-corrected chi connectivity index (χ2v) is 12.4. The van der Waals surface area contributed by atoms with Crippen molar-refractivity contribution in [1.82, 2.24) is 10.2 Å². The van der Waals surface area contributed by atoms with E-state index in [0.29, 0.717) is 10.6 Å². The van der Waals surface area contributed by atoms with Crippen molar-refractivity contribution in [1.29, 1.82) is 0 Å². The van der Waals surface area contributed by atoms with Gasteiger partial charge in [-0.15, -0.1) is 0 Å². The molecule has 2 amide bonds. The van der Waals surface area contributed by atoms with E-state index >= 15 is 0 Å². The van der Waals surface area contributed by atoms with E-state index in [1.165, 1.54) is 29.2 Å². The number of hydrogen-bond donors (Lipinski definition) is 1. The van der Waals surface area contributed by atoms with Crippen LogP contribution in [-0.2, 0) is 26.2 Å². The Hall–Kier alpha value is -3.14. The van der Waals surface area contributed by atoms with Gasteiger partial charge < -0.3 is 10.2 Å².